The van der Waals surface area contributed by atoms with Gasteiger partial charge in [0.15, 0.2) is 0 Å². The van der Waals surface area contributed by atoms with Crippen LogP contribution in [0.1, 0.15) is 45.7 Å². The van der Waals surface area contributed by atoms with Crippen LogP contribution in [0, 0.1) is 24.1 Å². The molecular weight excluding hydrogens is 445 g/mol. The lowest BCUT2D eigenvalue weighted by molar-refractivity contribution is 0.101. The number of nitriles is 1. The molecule has 0 aliphatic carbocycles. The molecule has 0 saturated carbocycles. The molecule has 0 fully saturated rings. The van der Waals surface area contributed by atoms with Crippen LogP contribution in [-0.2, 0) is 5.41 Å². The molecule has 1 heterocycles. The number of carbonyl (C=O) groups is 2. The minimum absolute atomic E-state index is 0.0579. The van der Waals surface area contributed by atoms with E-state index in [1.807, 2.05) is 0 Å². The number of rotatable bonds is 5. The van der Waals surface area contributed by atoms with Crippen molar-refractivity contribution >= 4 is 40.6 Å². The molecule has 0 aliphatic heterocycles. The summed E-state index contributed by atoms with van der Waals surface area (Å²) < 4.78 is 14.1. The summed E-state index contributed by atoms with van der Waals surface area (Å²) in [5.41, 5.74) is 6.75. The molecular formula is C24H21ClFN5O2. The van der Waals surface area contributed by atoms with Gasteiger partial charge in [0.1, 0.15) is 11.6 Å². The van der Waals surface area contributed by atoms with Crippen molar-refractivity contribution in [2.45, 2.75) is 26.2 Å². The van der Waals surface area contributed by atoms with Crippen LogP contribution >= 0.6 is 11.6 Å². The molecule has 0 radical (unpaired) electrons. The average molecular weight is 466 g/mol. The van der Waals surface area contributed by atoms with E-state index < -0.39 is 23.0 Å². The molecule has 0 spiro atoms. The van der Waals surface area contributed by atoms with Crippen molar-refractivity contribution < 1.29 is 14.0 Å². The van der Waals surface area contributed by atoms with E-state index in [2.05, 4.69) is 21.7 Å². The summed E-state index contributed by atoms with van der Waals surface area (Å²) in [6, 6.07) is 12.2. The SMILES string of the molecule is Cc1ccc(NC(=O)c2cc(F)cc(C(C)(C)C#N)c2)cc1C(=O)Nc1cnc(N)c(Cl)c1. The van der Waals surface area contributed by atoms with Crippen LogP contribution in [0.15, 0.2) is 48.7 Å². The van der Waals surface area contributed by atoms with Crippen LogP contribution in [0.3, 0.4) is 0 Å². The van der Waals surface area contributed by atoms with Crippen LogP contribution in [0.2, 0.25) is 5.02 Å². The zero-order valence-corrected chi connectivity index (χ0v) is 18.9. The van der Waals surface area contributed by atoms with Crippen LogP contribution in [0.5, 0.6) is 0 Å². The molecule has 3 aromatic rings. The van der Waals surface area contributed by atoms with E-state index in [1.54, 1.807) is 32.9 Å². The first-order valence-electron chi connectivity index (χ1n) is 9.87. The molecule has 0 unspecified atom stereocenters. The standard InChI is InChI=1S/C24H21ClFN5O2/c1-13-4-5-17(9-19(13)23(33)31-18-10-20(25)21(28)29-11-18)30-22(32)14-6-15(8-16(26)7-14)24(2,3)12-27/h4-11H,1-3H3,(H2,28,29)(H,30,32)(H,31,33). The number of benzene rings is 2. The minimum atomic E-state index is -0.966. The topological polar surface area (TPSA) is 121 Å². The number of amides is 2. The first-order chi connectivity index (χ1) is 15.5. The fraction of sp³-hybridized carbons (Fsp3) is 0.167. The number of aromatic nitrogens is 1. The summed E-state index contributed by atoms with van der Waals surface area (Å²) in [5, 5.41) is 14.9. The van der Waals surface area contributed by atoms with Crippen molar-refractivity contribution in [3.63, 3.8) is 0 Å². The third kappa shape index (κ3) is 5.45. The number of nitrogens with zero attached hydrogens (tertiary/aromatic N) is 2. The fourth-order valence-electron chi connectivity index (χ4n) is 3.01. The fourth-order valence-corrected chi connectivity index (χ4v) is 3.18. The highest BCUT2D eigenvalue weighted by Gasteiger charge is 2.22. The largest absolute Gasteiger partial charge is 0.382 e. The van der Waals surface area contributed by atoms with Crippen LogP contribution in [0.4, 0.5) is 21.6 Å². The second kappa shape index (κ2) is 9.27. The van der Waals surface area contributed by atoms with Gasteiger partial charge in [-0.25, -0.2) is 9.37 Å². The molecule has 0 aliphatic rings. The van der Waals surface area contributed by atoms with E-state index in [-0.39, 0.29) is 16.4 Å². The van der Waals surface area contributed by atoms with E-state index >= 15 is 0 Å². The van der Waals surface area contributed by atoms with Gasteiger partial charge < -0.3 is 16.4 Å². The lowest BCUT2D eigenvalue weighted by Gasteiger charge is -2.17. The maximum atomic E-state index is 14.1. The zero-order chi connectivity index (χ0) is 24.3. The van der Waals surface area contributed by atoms with Crippen molar-refractivity contribution in [2.75, 3.05) is 16.4 Å². The van der Waals surface area contributed by atoms with E-state index in [9.17, 15) is 19.2 Å². The van der Waals surface area contributed by atoms with Crippen molar-refractivity contribution in [3.05, 3.63) is 81.8 Å². The van der Waals surface area contributed by atoms with Gasteiger partial charge in [-0.2, -0.15) is 5.26 Å². The number of nitrogen functional groups attached to an aromatic ring is 1. The lowest BCUT2D eigenvalue weighted by Crippen LogP contribution is -2.18. The molecule has 0 atom stereocenters. The monoisotopic (exact) mass is 465 g/mol. The normalized spacial score (nSPS) is 10.9. The van der Waals surface area contributed by atoms with E-state index in [0.717, 1.165) is 6.07 Å². The van der Waals surface area contributed by atoms with Crippen molar-refractivity contribution in [2.24, 2.45) is 0 Å². The predicted molar refractivity (Wildman–Crippen MR) is 126 cm³/mol. The zero-order valence-electron chi connectivity index (χ0n) is 18.2. The van der Waals surface area contributed by atoms with Crippen LogP contribution in [0.25, 0.3) is 0 Å². The Balaban J connectivity index is 1.84. The van der Waals surface area contributed by atoms with E-state index in [0.29, 0.717) is 28.1 Å². The van der Waals surface area contributed by atoms with Gasteiger partial charge in [0.05, 0.1) is 28.4 Å². The number of halogens is 2. The van der Waals surface area contributed by atoms with Gasteiger partial charge in [0.2, 0.25) is 0 Å². The van der Waals surface area contributed by atoms with Crippen molar-refractivity contribution in [1.82, 2.24) is 4.98 Å². The summed E-state index contributed by atoms with van der Waals surface area (Å²) in [7, 11) is 0. The van der Waals surface area contributed by atoms with Crippen molar-refractivity contribution in [1.29, 1.82) is 5.26 Å². The molecule has 9 heteroatoms. The van der Waals surface area contributed by atoms with E-state index in [4.69, 9.17) is 17.3 Å². The first-order valence-corrected chi connectivity index (χ1v) is 10.2. The molecule has 2 aromatic carbocycles. The second-order valence-corrected chi connectivity index (χ2v) is 8.40. The predicted octanol–water partition coefficient (Wildman–Crippen LogP) is 5.07. The summed E-state index contributed by atoms with van der Waals surface area (Å²) in [5.74, 6) is -1.49. The number of anilines is 3. The highest BCUT2D eigenvalue weighted by molar-refractivity contribution is 6.33. The smallest absolute Gasteiger partial charge is 0.256 e. The summed E-state index contributed by atoms with van der Waals surface area (Å²) in [6.45, 7) is 5.02. The third-order valence-corrected chi connectivity index (χ3v) is 5.33. The molecule has 7 nitrogen and oxygen atoms in total. The summed E-state index contributed by atoms with van der Waals surface area (Å²) >= 11 is 5.94. The molecule has 0 saturated heterocycles. The van der Waals surface area contributed by atoms with Gasteiger partial charge in [0.25, 0.3) is 11.8 Å². The number of hydrogen-bond donors (Lipinski definition) is 3. The summed E-state index contributed by atoms with van der Waals surface area (Å²) in [6.07, 6.45) is 1.38. The van der Waals surface area contributed by atoms with Gasteiger partial charge in [-0.3, -0.25) is 9.59 Å². The Hall–Kier alpha value is -3.96. The summed E-state index contributed by atoms with van der Waals surface area (Å²) in [4.78, 5) is 29.4. The maximum Gasteiger partial charge on any atom is 0.256 e. The molecule has 33 heavy (non-hydrogen) atoms. The Morgan fingerprint density at radius 2 is 1.79 bits per heavy atom. The quantitative estimate of drug-likeness (QED) is 0.485. The van der Waals surface area contributed by atoms with Gasteiger partial charge in [-0.1, -0.05) is 17.7 Å². The van der Waals surface area contributed by atoms with Crippen LogP contribution in [-0.4, -0.2) is 16.8 Å². The van der Waals surface area contributed by atoms with Gasteiger partial charge in [-0.15, -0.1) is 0 Å². The Labute approximate surface area is 195 Å². The number of aryl methyl sites for hydroxylation is 1. The minimum Gasteiger partial charge on any atom is -0.382 e. The van der Waals surface area contributed by atoms with E-state index in [1.165, 1.54) is 30.5 Å². The van der Waals surface area contributed by atoms with Crippen LogP contribution < -0.4 is 16.4 Å². The molecule has 2 amide bonds. The maximum absolute atomic E-state index is 14.1. The molecule has 168 valence electrons. The Morgan fingerprint density at radius 1 is 1.09 bits per heavy atom. The number of nitrogens with two attached hydrogens (primary N) is 1. The van der Waals surface area contributed by atoms with Gasteiger partial charge in [0, 0.05) is 16.8 Å². The molecule has 4 N–H and O–H groups in total. The van der Waals surface area contributed by atoms with Gasteiger partial charge in [-0.05, 0) is 68.3 Å². The number of hydrogen-bond acceptors (Lipinski definition) is 5. The molecule has 0 bridgehead atoms. The highest BCUT2D eigenvalue weighted by Crippen LogP contribution is 2.25. The third-order valence-electron chi connectivity index (χ3n) is 5.03. The highest BCUT2D eigenvalue weighted by atomic mass is 35.5. The number of carbonyl (C=O) groups excluding carboxylic acids is 2. The molecule has 1 aromatic heterocycles. The number of pyridine rings is 1. The number of nitrogens with one attached hydrogen (secondary N) is 2. The molecule has 3 rings (SSSR count). The Bertz CT molecular complexity index is 1300. The second-order valence-electron chi connectivity index (χ2n) is 7.99. The van der Waals surface area contributed by atoms with Gasteiger partial charge >= 0.3 is 0 Å². The van der Waals surface area contributed by atoms with Crippen molar-refractivity contribution in [3.8, 4) is 6.07 Å². The Morgan fingerprint density at radius 3 is 2.45 bits per heavy atom. The lowest BCUT2D eigenvalue weighted by atomic mass is 9.85. The Kier molecular flexibility index (Phi) is 6.65. The average Bonchev–Trinajstić information content (AvgIpc) is 2.77. The first kappa shape index (κ1) is 23.7.